The Bertz CT molecular complexity index is 81.1. The summed E-state index contributed by atoms with van der Waals surface area (Å²) in [6.45, 7) is 4.60. The zero-order valence-electron chi connectivity index (χ0n) is 8.94. The van der Waals surface area contributed by atoms with Gasteiger partial charge in [0.1, 0.15) is 0 Å². The van der Waals surface area contributed by atoms with Crippen LogP contribution >= 0.6 is 11.8 Å². The highest BCUT2D eigenvalue weighted by molar-refractivity contribution is 7.98. The first-order valence-corrected chi connectivity index (χ1v) is 6.73. The van der Waals surface area contributed by atoms with E-state index in [0.717, 1.165) is 5.92 Å². The summed E-state index contributed by atoms with van der Waals surface area (Å²) in [6.07, 6.45) is 10.7. The molecule has 0 aromatic heterocycles. The monoisotopic (exact) mass is 188 g/mol. The van der Waals surface area contributed by atoms with Gasteiger partial charge in [0.05, 0.1) is 0 Å². The van der Waals surface area contributed by atoms with E-state index < -0.39 is 0 Å². The third-order valence-electron chi connectivity index (χ3n) is 2.45. The van der Waals surface area contributed by atoms with Crippen LogP contribution in [0.15, 0.2) is 0 Å². The number of rotatable bonds is 8. The lowest BCUT2D eigenvalue weighted by Crippen LogP contribution is -2.01. The van der Waals surface area contributed by atoms with Crippen LogP contribution in [0.3, 0.4) is 0 Å². The number of unbranched alkanes of at least 4 members (excludes halogenated alkanes) is 3. The van der Waals surface area contributed by atoms with Crippen molar-refractivity contribution in [3.8, 4) is 0 Å². The molecule has 12 heavy (non-hydrogen) atoms. The van der Waals surface area contributed by atoms with Crippen molar-refractivity contribution in [3.63, 3.8) is 0 Å². The zero-order chi connectivity index (χ0) is 9.23. The Labute approximate surface area is 82.5 Å². The summed E-state index contributed by atoms with van der Waals surface area (Å²) in [6, 6.07) is 0. The van der Waals surface area contributed by atoms with E-state index in [2.05, 4.69) is 20.1 Å². The third kappa shape index (κ3) is 7.02. The average molecular weight is 188 g/mol. The molecule has 0 aliphatic rings. The Kier molecular flexibility index (Phi) is 9.71. The summed E-state index contributed by atoms with van der Waals surface area (Å²) in [7, 11) is 0. The van der Waals surface area contributed by atoms with Gasteiger partial charge in [-0.25, -0.2) is 0 Å². The predicted molar refractivity (Wildman–Crippen MR) is 60.9 cm³/mol. The highest BCUT2D eigenvalue weighted by Gasteiger charge is 2.03. The third-order valence-corrected chi connectivity index (χ3v) is 3.25. The Morgan fingerprint density at radius 2 is 1.83 bits per heavy atom. The fourth-order valence-electron chi connectivity index (χ4n) is 1.50. The summed E-state index contributed by atoms with van der Waals surface area (Å²) in [4.78, 5) is 0. The molecule has 0 saturated heterocycles. The fraction of sp³-hybridized carbons (Fsp3) is 1.00. The van der Waals surface area contributed by atoms with E-state index in [-0.39, 0.29) is 0 Å². The average Bonchev–Trinajstić information content (AvgIpc) is 2.10. The van der Waals surface area contributed by atoms with E-state index in [1.165, 1.54) is 44.3 Å². The standard InChI is InChI=1S/C11H24S/c1-4-6-7-8-9-11(5-2)10-12-3/h11H,4-10H2,1-3H3. The van der Waals surface area contributed by atoms with Gasteiger partial charge in [-0.15, -0.1) is 0 Å². The van der Waals surface area contributed by atoms with Gasteiger partial charge in [-0.05, 0) is 24.3 Å². The maximum atomic E-state index is 2.32. The first-order chi connectivity index (χ1) is 5.85. The minimum atomic E-state index is 0.983. The minimum absolute atomic E-state index is 0.983. The fourth-order valence-corrected chi connectivity index (χ4v) is 2.37. The molecular formula is C11H24S. The number of thioether (sulfide) groups is 1. The van der Waals surface area contributed by atoms with Gasteiger partial charge in [-0.3, -0.25) is 0 Å². The molecule has 0 radical (unpaired) electrons. The molecule has 1 heteroatoms. The second-order valence-corrected chi connectivity index (χ2v) is 4.49. The Morgan fingerprint density at radius 1 is 1.08 bits per heavy atom. The topological polar surface area (TPSA) is 0 Å². The lowest BCUT2D eigenvalue weighted by Gasteiger charge is -2.12. The summed E-state index contributed by atoms with van der Waals surface area (Å²) in [5, 5.41) is 0. The first-order valence-electron chi connectivity index (χ1n) is 5.34. The van der Waals surface area contributed by atoms with Crippen LogP contribution in [-0.4, -0.2) is 12.0 Å². The van der Waals surface area contributed by atoms with Gasteiger partial charge < -0.3 is 0 Å². The molecule has 0 N–H and O–H groups in total. The molecular weight excluding hydrogens is 164 g/mol. The van der Waals surface area contributed by atoms with Crippen LogP contribution in [0.5, 0.6) is 0 Å². The molecule has 0 aliphatic heterocycles. The maximum absolute atomic E-state index is 2.32. The summed E-state index contributed by atoms with van der Waals surface area (Å²) >= 11 is 2.00. The quantitative estimate of drug-likeness (QED) is 0.510. The molecule has 1 unspecified atom stereocenters. The minimum Gasteiger partial charge on any atom is -0.165 e. The van der Waals surface area contributed by atoms with Crippen LogP contribution in [0, 0.1) is 5.92 Å². The number of hydrogen-bond acceptors (Lipinski definition) is 1. The molecule has 0 heterocycles. The largest absolute Gasteiger partial charge is 0.165 e. The molecule has 0 spiro atoms. The van der Waals surface area contributed by atoms with Gasteiger partial charge in [0.15, 0.2) is 0 Å². The maximum Gasteiger partial charge on any atom is -0.00420 e. The van der Waals surface area contributed by atoms with Gasteiger partial charge in [0.2, 0.25) is 0 Å². The second kappa shape index (κ2) is 9.44. The van der Waals surface area contributed by atoms with E-state index in [0.29, 0.717) is 0 Å². The molecule has 0 bridgehead atoms. The van der Waals surface area contributed by atoms with Crippen LogP contribution in [0.2, 0.25) is 0 Å². The molecule has 0 amide bonds. The van der Waals surface area contributed by atoms with Crippen molar-refractivity contribution in [1.82, 2.24) is 0 Å². The van der Waals surface area contributed by atoms with Crippen molar-refractivity contribution in [1.29, 1.82) is 0 Å². The Hall–Kier alpha value is 0.350. The van der Waals surface area contributed by atoms with Crippen molar-refractivity contribution in [2.24, 2.45) is 5.92 Å². The molecule has 0 aromatic carbocycles. The summed E-state index contributed by atoms with van der Waals surface area (Å²) in [5.41, 5.74) is 0. The normalized spacial score (nSPS) is 13.2. The number of hydrogen-bond donors (Lipinski definition) is 0. The van der Waals surface area contributed by atoms with Crippen LogP contribution in [0.1, 0.15) is 52.4 Å². The van der Waals surface area contributed by atoms with E-state index in [1.54, 1.807) is 0 Å². The van der Waals surface area contributed by atoms with Gasteiger partial charge in [0.25, 0.3) is 0 Å². The SMILES string of the molecule is CCCCCCC(CC)CSC. The summed E-state index contributed by atoms with van der Waals surface area (Å²) < 4.78 is 0. The molecule has 1 atom stereocenters. The first kappa shape index (κ1) is 12.3. The van der Waals surface area contributed by atoms with E-state index in [4.69, 9.17) is 0 Å². The highest BCUT2D eigenvalue weighted by atomic mass is 32.2. The summed E-state index contributed by atoms with van der Waals surface area (Å²) in [5.74, 6) is 2.35. The molecule has 0 aromatic rings. The van der Waals surface area contributed by atoms with Crippen LogP contribution < -0.4 is 0 Å². The molecule has 74 valence electrons. The van der Waals surface area contributed by atoms with Gasteiger partial charge in [0, 0.05) is 0 Å². The second-order valence-electron chi connectivity index (χ2n) is 3.58. The van der Waals surface area contributed by atoms with Crippen molar-refractivity contribution >= 4 is 11.8 Å². The molecule has 0 rings (SSSR count). The van der Waals surface area contributed by atoms with Crippen molar-refractivity contribution in [2.45, 2.75) is 52.4 Å². The molecule has 0 aliphatic carbocycles. The lowest BCUT2D eigenvalue weighted by molar-refractivity contribution is 0.484. The van der Waals surface area contributed by atoms with E-state index in [9.17, 15) is 0 Å². The van der Waals surface area contributed by atoms with Crippen molar-refractivity contribution in [3.05, 3.63) is 0 Å². The van der Waals surface area contributed by atoms with Gasteiger partial charge in [-0.1, -0.05) is 46.0 Å². The predicted octanol–water partition coefficient (Wildman–Crippen LogP) is 4.35. The smallest absolute Gasteiger partial charge is 0.00420 e. The van der Waals surface area contributed by atoms with Crippen LogP contribution in [0.25, 0.3) is 0 Å². The lowest BCUT2D eigenvalue weighted by atomic mass is 10.0. The van der Waals surface area contributed by atoms with Crippen molar-refractivity contribution in [2.75, 3.05) is 12.0 Å². The van der Waals surface area contributed by atoms with Crippen molar-refractivity contribution < 1.29 is 0 Å². The molecule has 0 saturated carbocycles. The van der Waals surface area contributed by atoms with Crippen LogP contribution in [0.4, 0.5) is 0 Å². The highest BCUT2D eigenvalue weighted by Crippen LogP contribution is 2.17. The van der Waals surface area contributed by atoms with Gasteiger partial charge >= 0.3 is 0 Å². The van der Waals surface area contributed by atoms with Crippen LogP contribution in [-0.2, 0) is 0 Å². The van der Waals surface area contributed by atoms with E-state index >= 15 is 0 Å². The molecule has 0 fully saturated rings. The Balaban J connectivity index is 3.19. The molecule has 0 nitrogen and oxygen atoms in total. The zero-order valence-corrected chi connectivity index (χ0v) is 9.75. The Morgan fingerprint density at radius 3 is 2.33 bits per heavy atom. The van der Waals surface area contributed by atoms with E-state index in [1.807, 2.05) is 11.8 Å². The van der Waals surface area contributed by atoms with Gasteiger partial charge in [-0.2, -0.15) is 11.8 Å².